The number of benzene rings is 1. The number of anilines is 1. The lowest BCUT2D eigenvalue weighted by Gasteiger charge is -2.19. The van der Waals surface area contributed by atoms with Crippen LogP contribution in [0.5, 0.6) is 11.5 Å². The van der Waals surface area contributed by atoms with E-state index in [9.17, 15) is 14.0 Å². The molecular formula is C21H21FN4O3S. The molecule has 30 heavy (non-hydrogen) atoms. The number of aromatic nitrogens is 1. The number of thiophene rings is 1. The maximum Gasteiger partial charge on any atom is 0.264 e. The first kappa shape index (κ1) is 20.2. The van der Waals surface area contributed by atoms with Crippen molar-refractivity contribution in [2.24, 2.45) is 0 Å². The normalized spacial score (nSPS) is 16.3. The fourth-order valence-electron chi connectivity index (χ4n) is 3.46. The number of pyridine rings is 1. The van der Waals surface area contributed by atoms with E-state index in [0.717, 1.165) is 13.0 Å². The SMILES string of the molecule is CN(C)C1CCN(C(=O)c2cc3nccc(Oc4ccc(NC=O)cc4F)c3s2)C1. The van der Waals surface area contributed by atoms with Gasteiger partial charge in [0.2, 0.25) is 6.41 Å². The summed E-state index contributed by atoms with van der Waals surface area (Å²) in [6.45, 7) is 1.42. The molecule has 1 fully saturated rings. The van der Waals surface area contributed by atoms with Gasteiger partial charge in [-0.1, -0.05) is 0 Å². The largest absolute Gasteiger partial charge is 0.453 e. The van der Waals surface area contributed by atoms with Gasteiger partial charge in [0.15, 0.2) is 11.6 Å². The molecule has 0 radical (unpaired) electrons. The molecule has 0 bridgehead atoms. The summed E-state index contributed by atoms with van der Waals surface area (Å²) >= 11 is 1.29. The van der Waals surface area contributed by atoms with Crippen molar-refractivity contribution in [2.45, 2.75) is 12.5 Å². The third-order valence-corrected chi connectivity index (χ3v) is 6.27. The third-order valence-electron chi connectivity index (χ3n) is 5.14. The highest BCUT2D eigenvalue weighted by atomic mass is 32.1. The number of fused-ring (bicyclic) bond motifs is 1. The Labute approximate surface area is 177 Å². The van der Waals surface area contributed by atoms with Crippen LogP contribution in [0, 0.1) is 5.82 Å². The van der Waals surface area contributed by atoms with Crippen molar-refractivity contribution in [1.82, 2.24) is 14.8 Å². The Hall–Kier alpha value is -3.04. The average molecular weight is 428 g/mol. The second kappa shape index (κ2) is 8.37. The molecule has 3 heterocycles. The quantitative estimate of drug-likeness (QED) is 0.608. The molecule has 1 saturated heterocycles. The number of halogens is 1. The predicted molar refractivity (Wildman–Crippen MR) is 114 cm³/mol. The van der Waals surface area contributed by atoms with E-state index in [1.165, 1.54) is 23.5 Å². The lowest BCUT2D eigenvalue weighted by atomic mass is 10.2. The van der Waals surface area contributed by atoms with Crippen molar-refractivity contribution in [1.29, 1.82) is 0 Å². The van der Waals surface area contributed by atoms with Crippen molar-refractivity contribution in [3.05, 3.63) is 47.2 Å². The summed E-state index contributed by atoms with van der Waals surface area (Å²) in [4.78, 5) is 32.4. The molecule has 2 aromatic heterocycles. The molecular weight excluding hydrogens is 407 g/mol. The zero-order valence-electron chi connectivity index (χ0n) is 16.6. The first-order valence-corrected chi connectivity index (χ1v) is 10.3. The molecule has 0 aliphatic carbocycles. The van der Waals surface area contributed by atoms with Crippen LogP contribution in [0.15, 0.2) is 36.5 Å². The van der Waals surface area contributed by atoms with Gasteiger partial charge in [0.05, 0.1) is 15.1 Å². The maximum atomic E-state index is 14.3. The lowest BCUT2D eigenvalue weighted by Crippen LogP contribution is -2.34. The lowest BCUT2D eigenvalue weighted by molar-refractivity contribution is -0.105. The van der Waals surface area contributed by atoms with Crippen LogP contribution in [0.3, 0.4) is 0 Å². The van der Waals surface area contributed by atoms with Crippen LogP contribution in [0.2, 0.25) is 0 Å². The average Bonchev–Trinajstić information content (AvgIpc) is 3.37. The van der Waals surface area contributed by atoms with Crippen LogP contribution in [0.25, 0.3) is 10.2 Å². The molecule has 0 spiro atoms. The van der Waals surface area contributed by atoms with Crippen LogP contribution < -0.4 is 10.1 Å². The Balaban J connectivity index is 1.58. The molecule has 1 aliphatic heterocycles. The van der Waals surface area contributed by atoms with E-state index in [1.54, 1.807) is 24.4 Å². The molecule has 1 unspecified atom stereocenters. The minimum Gasteiger partial charge on any atom is -0.453 e. The highest BCUT2D eigenvalue weighted by Gasteiger charge is 2.29. The van der Waals surface area contributed by atoms with Crippen LogP contribution in [-0.2, 0) is 4.79 Å². The fraction of sp³-hybridized carbons (Fsp3) is 0.286. The summed E-state index contributed by atoms with van der Waals surface area (Å²) in [6, 6.07) is 7.93. The van der Waals surface area contributed by atoms with Gasteiger partial charge in [-0.25, -0.2) is 4.39 Å². The molecule has 2 amide bonds. The number of carbonyl (C=O) groups excluding carboxylic acids is 2. The first-order valence-electron chi connectivity index (χ1n) is 9.48. The highest BCUT2D eigenvalue weighted by molar-refractivity contribution is 7.21. The molecule has 1 atom stereocenters. The van der Waals surface area contributed by atoms with Crippen molar-refractivity contribution >= 4 is 39.6 Å². The van der Waals surface area contributed by atoms with Crippen molar-refractivity contribution in [3.8, 4) is 11.5 Å². The maximum absolute atomic E-state index is 14.3. The number of amides is 2. The zero-order chi connectivity index (χ0) is 21.3. The molecule has 1 aromatic carbocycles. The number of hydrogen-bond acceptors (Lipinski definition) is 6. The second-order valence-electron chi connectivity index (χ2n) is 7.30. The van der Waals surface area contributed by atoms with Crippen LogP contribution in [-0.4, -0.2) is 60.3 Å². The van der Waals surface area contributed by atoms with Gasteiger partial charge >= 0.3 is 0 Å². The van der Waals surface area contributed by atoms with E-state index in [0.29, 0.717) is 45.5 Å². The van der Waals surface area contributed by atoms with Crippen LogP contribution in [0.4, 0.5) is 10.1 Å². The fourth-order valence-corrected chi connectivity index (χ4v) is 4.50. The number of nitrogens with one attached hydrogen (secondary N) is 1. The minimum atomic E-state index is -0.605. The van der Waals surface area contributed by atoms with Gasteiger partial charge in [0.1, 0.15) is 5.75 Å². The highest BCUT2D eigenvalue weighted by Crippen LogP contribution is 2.36. The predicted octanol–water partition coefficient (Wildman–Crippen LogP) is 3.57. The number of nitrogens with zero attached hydrogens (tertiary/aromatic N) is 3. The Kier molecular flexibility index (Phi) is 5.65. The topological polar surface area (TPSA) is 74.8 Å². The number of likely N-dealkylation sites (tertiary alicyclic amines) is 1. The van der Waals surface area contributed by atoms with Gasteiger partial charge < -0.3 is 19.9 Å². The number of likely N-dealkylation sites (N-methyl/N-ethyl adjacent to an activating group) is 1. The van der Waals surface area contributed by atoms with Crippen molar-refractivity contribution in [2.75, 3.05) is 32.5 Å². The molecule has 7 nitrogen and oxygen atoms in total. The molecule has 1 aliphatic rings. The third kappa shape index (κ3) is 3.99. The molecule has 4 rings (SSSR count). The summed E-state index contributed by atoms with van der Waals surface area (Å²) < 4.78 is 20.8. The van der Waals surface area contributed by atoms with Gasteiger partial charge in [-0.05, 0) is 38.7 Å². The number of rotatable bonds is 6. The Morgan fingerprint density at radius 2 is 2.17 bits per heavy atom. The second-order valence-corrected chi connectivity index (χ2v) is 8.35. The van der Waals surface area contributed by atoms with Crippen molar-refractivity contribution < 1.29 is 18.7 Å². The summed E-state index contributed by atoms with van der Waals surface area (Å²) in [5.74, 6) is -0.185. The van der Waals surface area contributed by atoms with Crippen LogP contribution in [0.1, 0.15) is 16.1 Å². The van der Waals surface area contributed by atoms with Gasteiger partial charge in [0.25, 0.3) is 5.91 Å². The summed E-state index contributed by atoms with van der Waals surface area (Å²) in [6.07, 6.45) is 2.99. The Morgan fingerprint density at radius 1 is 1.33 bits per heavy atom. The van der Waals surface area contributed by atoms with E-state index >= 15 is 0 Å². The molecule has 0 saturated carbocycles. The zero-order valence-corrected chi connectivity index (χ0v) is 17.4. The van der Waals surface area contributed by atoms with Gasteiger partial charge in [-0.15, -0.1) is 11.3 Å². The number of carbonyl (C=O) groups is 2. The first-order chi connectivity index (χ1) is 14.5. The molecule has 9 heteroatoms. The summed E-state index contributed by atoms with van der Waals surface area (Å²) in [5.41, 5.74) is 0.962. The minimum absolute atomic E-state index is 0.0218. The number of ether oxygens (including phenoxy) is 1. The van der Waals surface area contributed by atoms with Crippen molar-refractivity contribution in [3.63, 3.8) is 0 Å². The molecule has 156 valence electrons. The van der Waals surface area contributed by atoms with Crippen LogP contribution >= 0.6 is 11.3 Å². The Morgan fingerprint density at radius 3 is 2.87 bits per heavy atom. The van der Waals surface area contributed by atoms with E-state index in [1.807, 2.05) is 19.0 Å². The van der Waals surface area contributed by atoms with E-state index in [4.69, 9.17) is 4.74 Å². The van der Waals surface area contributed by atoms with E-state index in [-0.39, 0.29) is 11.7 Å². The van der Waals surface area contributed by atoms with E-state index < -0.39 is 5.82 Å². The summed E-state index contributed by atoms with van der Waals surface area (Å²) in [7, 11) is 4.04. The van der Waals surface area contributed by atoms with E-state index in [2.05, 4.69) is 15.2 Å². The summed E-state index contributed by atoms with van der Waals surface area (Å²) in [5, 5.41) is 2.39. The standard InChI is InChI=1S/C21H21FN4O3S/c1-25(2)14-6-8-26(11-14)21(28)19-10-16-20(30-19)18(5-7-23-16)29-17-4-3-13(24-12-27)9-15(17)22/h3-5,7,9-10,12,14H,6,8,11H2,1-2H3,(H,24,27). The number of hydrogen-bond donors (Lipinski definition) is 1. The van der Waals surface area contributed by atoms with Gasteiger partial charge in [0, 0.05) is 43.1 Å². The molecule has 3 aromatic rings. The van der Waals surface area contributed by atoms with Gasteiger partial charge in [-0.3, -0.25) is 14.6 Å². The monoisotopic (exact) mass is 428 g/mol. The van der Waals surface area contributed by atoms with Gasteiger partial charge in [-0.2, -0.15) is 0 Å². The molecule has 1 N–H and O–H groups in total. The smallest absolute Gasteiger partial charge is 0.264 e. The Bertz CT molecular complexity index is 1100.